The summed E-state index contributed by atoms with van der Waals surface area (Å²) < 4.78 is 32.5. The molecule has 0 aliphatic heterocycles. The van der Waals surface area contributed by atoms with Crippen LogP contribution in [0.5, 0.6) is 0 Å². The van der Waals surface area contributed by atoms with E-state index in [4.69, 9.17) is 4.42 Å². The normalized spacial score (nSPS) is 12.8. The lowest BCUT2D eigenvalue weighted by atomic mass is 10.2. The standard InChI is InChI=1S/C16H20N2O4S/c1-12(10-15-4-3-9-22-15)18-23(20,21)16-7-5-14(6-8-16)11-17-13(2)19/h3-9,12,18H,10-11H2,1-2H3,(H,17,19). The van der Waals surface area contributed by atoms with Crippen LogP contribution in [-0.4, -0.2) is 20.4 Å². The SMILES string of the molecule is CC(=O)NCc1ccc(S(=O)(=O)NC(C)Cc2ccco2)cc1. The second kappa shape index (κ2) is 7.43. The monoisotopic (exact) mass is 336 g/mol. The summed E-state index contributed by atoms with van der Waals surface area (Å²) in [4.78, 5) is 11.1. The van der Waals surface area contributed by atoms with E-state index in [2.05, 4.69) is 10.0 Å². The Morgan fingerprint density at radius 1 is 1.22 bits per heavy atom. The number of hydrogen-bond acceptors (Lipinski definition) is 4. The third kappa shape index (κ3) is 5.22. The molecule has 1 atom stereocenters. The maximum absolute atomic E-state index is 12.3. The number of sulfonamides is 1. The molecule has 1 amide bonds. The average Bonchev–Trinajstić information content (AvgIpc) is 2.97. The Morgan fingerprint density at radius 2 is 1.91 bits per heavy atom. The molecule has 1 unspecified atom stereocenters. The van der Waals surface area contributed by atoms with E-state index in [1.54, 1.807) is 31.4 Å². The zero-order chi connectivity index (χ0) is 16.9. The van der Waals surface area contributed by atoms with Gasteiger partial charge >= 0.3 is 0 Å². The van der Waals surface area contributed by atoms with Gasteiger partial charge in [-0.1, -0.05) is 12.1 Å². The molecular weight excluding hydrogens is 316 g/mol. The van der Waals surface area contributed by atoms with Gasteiger partial charge in [-0.2, -0.15) is 0 Å². The van der Waals surface area contributed by atoms with Gasteiger partial charge in [-0.25, -0.2) is 13.1 Å². The summed E-state index contributed by atoms with van der Waals surface area (Å²) in [6.07, 6.45) is 2.04. The first-order chi connectivity index (χ1) is 10.9. The third-order valence-corrected chi connectivity index (χ3v) is 4.82. The molecule has 7 heteroatoms. The second-order valence-corrected chi connectivity index (χ2v) is 7.07. The quantitative estimate of drug-likeness (QED) is 0.807. The molecule has 0 aliphatic rings. The van der Waals surface area contributed by atoms with Crippen LogP contribution < -0.4 is 10.0 Å². The van der Waals surface area contributed by atoms with Crippen LogP contribution in [0.25, 0.3) is 0 Å². The van der Waals surface area contributed by atoms with Gasteiger partial charge < -0.3 is 9.73 Å². The molecule has 2 aromatic rings. The molecule has 2 N–H and O–H groups in total. The Bertz CT molecular complexity index is 737. The number of carbonyl (C=O) groups excluding carboxylic acids is 1. The van der Waals surface area contributed by atoms with Gasteiger partial charge in [-0.3, -0.25) is 4.79 Å². The number of rotatable bonds is 7. The lowest BCUT2D eigenvalue weighted by Gasteiger charge is -2.13. The third-order valence-electron chi connectivity index (χ3n) is 3.22. The summed E-state index contributed by atoms with van der Waals surface area (Å²) in [5, 5.41) is 2.66. The van der Waals surface area contributed by atoms with Gasteiger partial charge in [0, 0.05) is 25.9 Å². The molecule has 0 aliphatic carbocycles. The van der Waals surface area contributed by atoms with E-state index in [1.807, 2.05) is 6.07 Å². The molecule has 0 fully saturated rings. The molecule has 2 rings (SSSR count). The minimum atomic E-state index is -3.59. The van der Waals surface area contributed by atoms with Crippen molar-refractivity contribution in [3.63, 3.8) is 0 Å². The first-order valence-electron chi connectivity index (χ1n) is 7.25. The van der Waals surface area contributed by atoms with E-state index in [0.29, 0.717) is 13.0 Å². The van der Waals surface area contributed by atoms with Gasteiger partial charge in [0.05, 0.1) is 11.2 Å². The second-order valence-electron chi connectivity index (χ2n) is 5.36. The van der Waals surface area contributed by atoms with E-state index in [-0.39, 0.29) is 16.8 Å². The van der Waals surface area contributed by atoms with Crippen molar-refractivity contribution in [2.75, 3.05) is 0 Å². The van der Waals surface area contributed by atoms with Gasteiger partial charge in [0.1, 0.15) is 5.76 Å². The fraction of sp³-hybridized carbons (Fsp3) is 0.312. The van der Waals surface area contributed by atoms with Crippen LogP contribution in [0.4, 0.5) is 0 Å². The largest absolute Gasteiger partial charge is 0.469 e. The highest BCUT2D eigenvalue weighted by Crippen LogP contribution is 2.12. The van der Waals surface area contributed by atoms with E-state index in [9.17, 15) is 13.2 Å². The van der Waals surface area contributed by atoms with Crippen LogP contribution >= 0.6 is 0 Å². The van der Waals surface area contributed by atoms with Crippen LogP contribution in [0.2, 0.25) is 0 Å². The van der Waals surface area contributed by atoms with E-state index < -0.39 is 10.0 Å². The number of amides is 1. The Kier molecular flexibility index (Phi) is 5.57. The van der Waals surface area contributed by atoms with E-state index in [1.165, 1.54) is 19.1 Å². The summed E-state index contributed by atoms with van der Waals surface area (Å²) >= 11 is 0. The summed E-state index contributed by atoms with van der Waals surface area (Å²) in [5.41, 5.74) is 0.836. The summed E-state index contributed by atoms with van der Waals surface area (Å²) in [7, 11) is -3.59. The highest BCUT2D eigenvalue weighted by atomic mass is 32.2. The van der Waals surface area contributed by atoms with Crippen molar-refractivity contribution in [3.05, 3.63) is 54.0 Å². The molecule has 0 radical (unpaired) electrons. The molecule has 0 saturated carbocycles. The Hall–Kier alpha value is -2.12. The van der Waals surface area contributed by atoms with Crippen LogP contribution in [0, 0.1) is 0 Å². The van der Waals surface area contributed by atoms with Crippen molar-refractivity contribution in [3.8, 4) is 0 Å². The van der Waals surface area contributed by atoms with Crippen LogP contribution in [-0.2, 0) is 27.8 Å². The van der Waals surface area contributed by atoms with Crippen molar-refractivity contribution in [1.82, 2.24) is 10.0 Å². The Morgan fingerprint density at radius 3 is 2.48 bits per heavy atom. The number of nitrogens with one attached hydrogen (secondary N) is 2. The highest BCUT2D eigenvalue weighted by molar-refractivity contribution is 7.89. The number of carbonyl (C=O) groups is 1. The molecule has 1 aromatic carbocycles. The molecule has 1 heterocycles. The molecular formula is C16H20N2O4S. The molecule has 0 spiro atoms. The van der Waals surface area contributed by atoms with E-state index >= 15 is 0 Å². The van der Waals surface area contributed by atoms with E-state index in [0.717, 1.165) is 11.3 Å². The average molecular weight is 336 g/mol. The Balaban J connectivity index is 1.99. The lowest BCUT2D eigenvalue weighted by Crippen LogP contribution is -2.34. The number of hydrogen-bond donors (Lipinski definition) is 2. The molecule has 0 saturated heterocycles. The zero-order valence-corrected chi connectivity index (χ0v) is 13.9. The van der Waals surface area contributed by atoms with Crippen molar-refractivity contribution >= 4 is 15.9 Å². The minimum absolute atomic E-state index is 0.130. The summed E-state index contributed by atoms with van der Waals surface area (Å²) in [6, 6.07) is 9.71. The predicted octanol–water partition coefficient (Wildman–Crippen LogP) is 1.83. The fourth-order valence-electron chi connectivity index (χ4n) is 2.12. The lowest BCUT2D eigenvalue weighted by molar-refractivity contribution is -0.119. The van der Waals surface area contributed by atoms with Crippen molar-refractivity contribution in [1.29, 1.82) is 0 Å². The van der Waals surface area contributed by atoms with Gasteiger partial charge in [0.25, 0.3) is 0 Å². The molecule has 1 aromatic heterocycles. The topological polar surface area (TPSA) is 88.4 Å². The number of benzene rings is 1. The molecule has 0 bridgehead atoms. The van der Waals surface area contributed by atoms with Gasteiger partial charge in [0.2, 0.25) is 15.9 Å². The number of furan rings is 1. The highest BCUT2D eigenvalue weighted by Gasteiger charge is 2.18. The fourth-order valence-corrected chi connectivity index (χ4v) is 3.36. The summed E-state index contributed by atoms with van der Waals surface area (Å²) in [5.74, 6) is 0.598. The maximum Gasteiger partial charge on any atom is 0.240 e. The minimum Gasteiger partial charge on any atom is -0.469 e. The van der Waals surface area contributed by atoms with Gasteiger partial charge in [0.15, 0.2) is 0 Å². The molecule has 124 valence electrons. The van der Waals surface area contributed by atoms with Crippen molar-refractivity contribution in [2.24, 2.45) is 0 Å². The van der Waals surface area contributed by atoms with Gasteiger partial charge in [-0.15, -0.1) is 0 Å². The summed E-state index contributed by atoms with van der Waals surface area (Å²) in [6.45, 7) is 3.59. The van der Waals surface area contributed by atoms with Crippen molar-refractivity contribution < 1.29 is 17.6 Å². The molecule has 6 nitrogen and oxygen atoms in total. The first kappa shape index (κ1) is 17.2. The van der Waals surface area contributed by atoms with Crippen LogP contribution in [0.1, 0.15) is 25.2 Å². The zero-order valence-electron chi connectivity index (χ0n) is 13.1. The smallest absolute Gasteiger partial charge is 0.240 e. The van der Waals surface area contributed by atoms with Crippen molar-refractivity contribution in [2.45, 2.75) is 37.8 Å². The van der Waals surface area contributed by atoms with Crippen LogP contribution in [0.15, 0.2) is 52.0 Å². The van der Waals surface area contributed by atoms with Crippen LogP contribution in [0.3, 0.4) is 0 Å². The predicted molar refractivity (Wildman–Crippen MR) is 86.2 cm³/mol. The maximum atomic E-state index is 12.3. The molecule has 23 heavy (non-hydrogen) atoms. The van der Waals surface area contributed by atoms with Gasteiger partial charge in [-0.05, 0) is 36.8 Å². The Labute approximate surface area is 135 Å². The first-order valence-corrected chi connectivity index (χ1v) is 8.73.